The molecule has 2 N–H and O–H groups in total. The van der Waals surface area contributed by atoms with Crippen molar-refractivity contribution in [3.8, 4) is 72.5 Å². The van der Waals surface area contributed by atoms with E-state index >= 15 is 0 Å². The van der Waals surface area contributed by atoms with Crippen LogP contribution in [0, 0.1) is 76.2 Å². The predicted molar refractivity (Wildman–Crippen MR) is 295 cm³/mol. The summed E-state index contributed by atoms with van der Waals surface area (Å²) in [5.41, 5.74) is 31.7. The Hall–Kier alpha value is -6.19. The van der Waals surface area contributed by atoms with Gasteiger partial charge in [0.2, 0.25) is 0 Å². The smallest absolute Gasteiger partial charge is 0.339 e. The van der Waals surface area contributed by atoms with Gasteiger partial charge >= 0.3 is 5.97 Å². The molecule has 0 heterocycles. The van der Waals surface area contributed by atoms with E-state index in [1.165, 1.54) is 174 Å². The third-order valence-corrected chi connectivity index (χ3v) is 15.0. The zero-order valence-electron chi connectivity index (χ0n) is 44.0. The molecule has 7 aromatic carbocycles. The Morgan fingerprint density at radius 1 is 0.348 bits per heavy atom. The summed E-state index contributed by atoms with van der Waals surface area (Å²) < 4.78 is 0. The third-order valence-electron chi connectivity index (χ3n) is 15.0. The molecule has 3 heteroatoms. The quantitative estimate of drug-likeness (QED) is 0.0895. The minimum Gasteiger partial charge on any atom is -0.507 e. The van der Waals surface area contributed by atoms with Crippen molar-refractivity contribution in [2.24, 2.45) is 0 Å². The molecule has 0 amide bonds. The Labute approximate surface area is 414 Å². The largest absolute Gasteiger partial charge is 0.507 e. The van der Waals surface area contributed by atoms with Crippen LogP contribution in [0.25, 0.3) is 66.8 Å². The van der Waals surface area contributed by atoms with Crippen molar-refractivity contribution < 1.29 is 15.0 Å². The molecule has 0 aliphatic rings. The van der Waals surface area contributed by atoms with Gasteiger partial charge in [-0.25, -0.2) is 4.79 Å². The molecule has 0 saturated carbocycles. The molecule has 0 unspecified atom stereocenters. The first-order valence-electron chi connectivity index (χ1n) is 25.7. The van der Waals surface area contributed by atoms with Crippen LogP contribution in [-0.2, 0) is 12.8 Å². The molecular formula is C66H76O3. The van der Waals surface area contributed by atoms with E-state index in [9.17, 15) is 15.0 Å². The fourth-order valence-electron chi connectivity index (χ4n) is 10.8. The highest BCUT2D eigenvalue weighted by molar-refractivity contribution is 5.92. The molecule has 0 atom stereocenters. The average Bonchev–Trinajstić information content (AvgIpc) is 3.30. The normalized spacial score (nSPS) is 11.4. The van der Waals surface area contributed by atoms with Gasteiger partial charge in [-0.05, 0) is 253 Å². The van der Waals surface area contributed by atoms with Gasteiger partial charge < -0.3 is 10.2 Å². The molecule has 0 bridgehead atoms. The lowest BCUT2D eigenvalue weighted by Crippen LogP contribution is -2.02. The van der Waals surface area contributed by atoms with E-state index in [4.69, 9.17) is 0 Å². The van der Waals surface area contributed by atoms with E-state index in [1.807, 2.05) is 0 Å². The number of hydrogen-bond donors (Lipinski definition) is 2. The summed E-state index contributed by atoms with van der Waals surface area (Å²) in [6.07, 6.45) is 11.8. The van der Waals surface area contributed by atoms with Gasteiger partial charge in [0.05, 0.1) is 0 Å². The van der Waals surface area contributed by atoms with Crippen LogP contribution >= 0.6 is 0 Å². The van der Waals surface area contributed by atoms with Crippen LogP contribution in [0.1, 0.15) is 148 Å². The van der Waals surface area contributed by atoms with E-state index in [1.54, 1.807) is 12.1 Å². The standard InChI is InChI=1S/C66H76O3/c1-14-16-18-20-22-50-37-64(62-35-47(11)60(33-49(62)13)58-31-44(8)57(30-45(58)9)55-27-40(4)39(3)26-41(55)5)51(23-21-19-17-15-2)36-63(50)61-34-46(10)59(32-48(61)12)56-29-42(6)54(28-43(56)7)52-24-25-53(66(68)69)65(67)38-52/h24-38,67H,14-23H2,1-13H3,(H,68,69). The maximum absolute atomic E-state index is 11.6. The van der Waals surface area contributed by atoms with Crippen LogP contribution < -0.4 is 0 Å². The Kier molecular flexibility index (Phi) is 15.9. The first-order chi connectivity index (χ1) is 32.9. The molecule has 0 aromatic heterocycles. The number of hydrogen-bond acceptors (Lipinski definition) is 2. The van der Waals surface area contributed by atoms with Crippen molar-refractivity contribution in [3.63, 3.8) is 0 Å². The van der Waals surface area contributed by atoms with Crippen molar-refractivity contribution in [2.45, 2.75) is 154 Å². The fourth-order valence-corrected chi connectivity index (χ4v) is 10.8. The fraction of sp³-hybridized carbons (Fsp3) is 0.348. The number of benzene rings is 7. The molecular weight excluding hydrogens is 841 g/mol. The number of aryl methyl sites for hydroxylation is 13. The molecule has 358 valence electrons. The van der Waals surface area contributed by atoms with E-state index in [-0.39, 0.29) is 11.3 Å². The maximum Gasteiger partial charge on any atom is 0.339 e. The summed E-state index contributed by atoms with van der Waals surface area (Å²) in [6, 6.07) is 33.7. The van der Waals surface area contributed by atoms with Gasteiger partial charge in [-0.3, -0.25) is 0 Å². The van der Waals surface area contributed by atoms with Gasteiger partial charge in [0.25, 0.3) is 0 Å². The summed E-state index contributed by atoms with van der Waals surface area (Å²) >= 11 is 0. The number of carboxylic acids is 1. The second-order valence-corrected chi connectivity index (χ2v) is 20.5. The summed E-state index contributed by atoms with van der Waals surface area (Å²) in [5.74, 6) is -1.36. The number of aromatic carboxylic acids is 1. The van der Waals surface area contributed by atoms with E-state index in [0.717, 1.165) is 35.1 Å². The van der Waals surface area contributed by atoms with Crippen molar-refractivity contribution in [3.05, 3.63) is 169 Å². The van der Waals surface area contributed by atoms with Crippen LogP contribution in [0.4, 0.5) is 0 Å². The molecule has 0 spiro atoms. The first kappa shape index (κ1) is 50.7. The van der Waals surface area contributed by atoms with Crippen molar-refractivity contribution >= 4 is 5.97 Å². The highest BCUT2D eigenvalue weighted by Crippen LogP contribution is 2.43. The van der Waals surface area contributed by atoms with Crippen LogP contribution in [0.15, 0.2) is 91.0 Å². The second kappa shape index (κ2) is 21.6. The minimum atomic E-state index is -1.14. The topological polar surface area (TPSA) is 57.5 Å². The molecule has 0 fully saturated rings. The first-order valence-corrected chi connectivity index (χ1v) is 25.7. The van der Waals surface area contributed by atoms with E-state index in [2.05, 4.69) is 163 Å². The van der Waals surface area contributed by atoms with Crippen LogP contribution in [0.5, 0.6) is 5.75 Å². The Morgan fingerprint density at radius 3 is 1.00 bits per heavy atom. The summed E-state index contributed by atoms with van der Waals surface area (Å²) in [7, 11) is 0. The van der Waals surface area contributed by atoms with Crippen molar-refractivity contribution in [1.82, 2.24) is 0 Å². The van der Waals surface area contributed by atoms with Gasteiger partial charge in [0.15, 0.2) is 0 Å². The number of rotatable bonds is 17. The Bertz CT molecular complexity index is 3070. The molecule has 69 heavy (non-hydrogen) atoms. The molecule has 0 aliphatic carbocycles. The van der Waals surface area contributed by atoms with Gasteiger partial charge in [-0.15, -0.1) is 0 Å². The maximum atomic E-state index is 11.6. The zero-order chi connectivity index (χ0) is 49.8. The summed E-state index contributed by atoms with van der Waals surface area (Å²) in [5, 5.41) is 20.0. The molecule has 3 nitrogen and oxygen atoms in total. The zero-order valence-corrected chi connectivity index (χ0v) is 44.0. The van der Waals surface area contributed by atoms with Gasteiger partial charge in [0.1, 0.15) is 11.3 Å². The van der Waals surface area contributed by atoms with Gasteiger partial charge in [0, 0.05) is 0 Å². The number of aromatic hydroxyl groups is 1. The van der Waals surface area contributed by atoms with Crippen LogP contribution in [-0.4, -0.2) is 16.2 Å². The average molecular weight is 917 g/mol. The van der Waals surface area contributed by atoms with E-state index < -0.39 is 5.97 Å². The highest BCUT2D eigenvalue weighted by Gasteiger charge is 2.21. The summed E-state index contributed by atoms with van der Waals surface area (Å²) in [4.78, 5) is 11.6. The monoisotopic (exact) mass is 917 g/mol. The van der Waals surface area contributed by atoms with Crippen molar-refractivity contribution in [1.29, 1.82) is 0 Å². The number of carbonyl (C=O) groups is 1. The van der Waals surface area contributed by atoms with Crippen LogP contribution in [0.2, 0.25) is 0 Å². The van der Waals surface area contributed by atoms with Gasteiger partial charge in [-0.1, -0.05) is 131 Å². The van der Waals surface area contributed by atoms with Crippen molar-refractivity contribution in [2.75, 3.05) is 0 Å². The molecule has 7 rings (SSSR count). The number of phenols is 1. The number of carboxylic acid groups (broad SMARTS) is 1. The second-order valence-electron chi connectivity index (χ2n) is 20.5. The summed E-state index contributed by atoms with van der Waals surface area (Å²) in [6.45, 7) is 29.2. The van der Waals surface area contributed by atoms with Gasteiger partial charge in [-0.2, -0.15) is 0 Å². The molecule has 0 radical (unpaired) electrons. The SMILES string of the molecule is CCCCCCc1cc(-c2cc(C)c(-c3cc(C)c(-c4cc(C)c(C)cc4C)cc3C)cc2C)c(CCCCCC)cc1-c1cc(C)c(-c2cc(C)c(-c3ccc(C(=O)O)c(O)c3)cc2C)cc1C. The van der Waals surface area contributed by atoms with E-state index in [0.29, 0.717) is 0 Å². The van der Waals surface area contributed by atoms with Crippen LogP contribution in [0.3, 0.4) is 0 Å². The highest BCUT2D eigenvalue weighted by atomic mass is 16.4. The Morgan fingerprint density at radius 2 is 0.652 bits per heavy atom. The number of unbranched alkanes of at least 4 members (excludes halogenated alkanes) is 6. The third kappa shape index (κ3) is 10.8. The molecule has 0 saturated heterocycles. The molecule has 0 aliphatic heterocycles. The lowest BCUT2D eigenvalue weighted by molar-refractivity contribution is 0.0693. The lowest BCUT2D eigenvalue weighted by atomic mass is 9.82. The minimum absolute atomic E-state index is 0.0932. The molecule has 7 aromatic rings. The lowest BCUT2D eigenvalue weighted by Gasteiger charge is -2.23. The predicted octanol–water partition coefficient (Wildman–Crippen LogP) is 18.7. The Balaban J connectivity index is 1.32.